The lowest BCUT2D eigenvalue weighted by Gasteiger charge is -2.11. The van der Waals surface area contributed by atoms with Crippen LogP contribution in [0.25, 0.3) is 11.3 Å². The number of imide groups is 1. The second-order valence-electron chi connectivity index (χ2n) is 5.08. The molecule has 2 rings (SSSR count). The second kappa shape index (κ2) is 7.92. The lowest BCUT2D eigenvalue weighted by molar-refractivity contribution is -0.384. The largest absolute Gasteiger partial charge is 0.449 e. The van der Waals surface area contributed by atoms with Crippen molar-refractivity contribution in [2.45, 2.75) is 13.0 Å². The Balaban J connectivity index is 2.04. The van der Waals surface area contributed by atoms with Gasteiger partial charge in [-0.25, -0.2) is 9.59 Å². The molecule has 3 amide bonds. The Bertz CT molecular complexity index is 842. The summed E-state index contributed by atoms with van der Waals surface area (Å²) in [6, 6.07) is 7.69. The number of non-ortho nitro benzene ring substituents is 1. The average Bonchev–Trinajstić information content (AvgIpc) is 3.11. The molecule has 0 radical (unpaired) electrons. The number of furan rings is 1. The van der Waals surface area contributed by atoms with Crippen LogP contribution in [0.1, 0.15) is 17.5 Å². The third-order valence-electron chi connectivity index (χ3n) is 3.29. The maximum absolute atomic E-state index is 12.0. The summed E-state index contributed by atoms with van der Waals surface area (Å²) in [6.07, 6.45) is -1.22. The highest BCUT2D eigenvalue weighted by Crippen LogP contribution is 2.25. The Morgan fingerprint density at radius 3 is 2.38 bits per heavy atom. The molecule has 0 bridgehead atoms. The molecule has 0 aliphatic carbocycles. The molecule has 1 aromatic heterocycles. The molecular formula is C16H15N3O7. The maximum Gasteiger partial charge on any atom is 0.375 e. The van der Waals surface area contributed by atoms with Crippen molar-refractivity contribution < 1.29 is 28.5 Å². The first-order chi connectivity index (χ1) is 12.3. The van der Waals surface area contributed by atoms with Gasteiger partial charge in [-0.05, 0) is 31.2 Å². The third-order valence-corrected chi connectivity index (χ3v) is 3.29. The number of urea groups is 1. The van der Waals surface area contributed by atoms with E-state index in [4.69, 9.17) is 9.15 Å². The highest BCUT2D eigenvalue weighted by molar-refractivity contribution is 5.98. The fourth-order valence-corrected chi connectivity index (χ4v) is 1.90. The second-order valence-corrected chi connectivity index (χ2v) is 5.08. The first kappa shape index (κ1) is 18.6. The summed E-state index contributed by atoms with van der Waals surface area (Å²) in [5.74, 6) is -1.54. The number of benzene rings is 1. The van der Waals surface area contributed by atoms with Crippen LogP contribution in [0.4, 0.5) is 10.5 Å². The zero-order valence-electron chi connectivity index (χ0n) is 13.8. The Hall–Kier alpha value is -3.69. The molecule has 1 heterocycles. The number of nitro benzene ring substituents is 1. The van der Waals surface area contributed by atoms with E-state index < -0.39 is 28.9 Å². The van der Waals surface area contributed by atoms with Gasteiger partial charge in [-0.3, -0.25) is 20.2 Å². The van der Waals surface area contributed by atoms with Crippen molar-refractivity contribution in [1.29, 1.82) is 0 Å². The molecule has 2 aromatic rings. The summed E-state index contributed by atoms with van der Waals surface area (Å²) in [5.41, 5.74) is 0.455. The predicted octanol–water partition coefficient (Wildman–Crippen LogP) is 1.86. The predicted molar refractivity (Wildman–Crippen MR) is 88.3 cm³/mol. The quantitative estimate of drug-likeness (QED) is 0.470. The number of nitrogens with one attached hydrogen (secondary N) is 2. The number of ether oxygens (including phenoxy) is 1. The van der Waals surface area contributed by atoms with Crippen molar-refractivity contribution in [3.8, 4) is 11.3 Å². The van der Waals surface area contributed by atoms with Gasteiger partial charge in [0.05, 0.1) is 4.92 Å². The van der Waals surface area contributed by atoms with Gasteiger partial charge in [0, 0.05) is 24.7 Å². The SMILES string of the molecule is CNC(=O)NC(=O)[C@H](C)OC(=O)c1ccc(-c2ccc([N+](=O)[O-])cc2)o1. The molecule has 26 heavy (non-hydrogen) atoms. The number of nitrogens with zero attached hydrogens (tertiary/aromatic N) is 1. The van der Waals surface area contributed by atoms with Crippen LogP contribution in [0, 0.1) is 10.1 Å². The van der Waals surface area contributed by atoms with Gasteiger partial charge < -0.3 is 14.5 Å². The van der Waals surface area contributed by atoms with E-state index in [1.807, 2.05) is 5.32 Å². The number of carbonyl (C=O) groups is 3. The van der Waals surface area contributed by atoms with Gasteiger partial charge >= 0.3 is 12.0 Å². The van der Waals surface area contributed by atoms with Crippen LogP contribution < -0.4 is 10.6 Å². The molecule has 136 valence electrons. The number of rotatable bonds is 5. The van der Waals surface area contributed by atoms with Crippen molar-refractivity contribution >= 4 is 23.6 Å². The van der Waals surface area contributed by atoms with Crippen molar-refractivity contribution in [2.75, 3.05) is 7.05 Å². The van der Waals surface area contributed by atoms with E-state index in [0.717, 1.165) is 0 Å². The minimum atomic E-state index is -1.22. The van der Waals surface area contributed by atoms with Crippen LogP contribution in [0.15, 0.2) is 40.8 Å². The van der Waals surface area contributed by atoms with Gasteiger partial charge in [0.25, 0.3) is 11.6 Å². The summed E-state index contributed by atoms with van der Waals surface area (Å²) in [6.45, 7) is 1.30. The fourth-order valence-electron chi connectivity index (χ4n) is 1.90. The molecule has 0 unspecified atom stereocenters. The monoisotopic (exact) mass is 361 g/mol. The Labute approximate surface area is 147 Å². The standard InChI is InChI=1S/C16H15N3O7/c1-9(14(20)18-16(22)17-2)25-15(21)13-8-7-12(26-13)10-3-5-11(6-4-10)19(23)24/h3-9H,1-2H3,(H2,17,18,20,22)/t9-/m0/s1. The zero-order valence-corrected chi connectivity index (χ0v) is 13.8. The summed E-state index contributed by atoms with van der Waals surface area (Å²) in [5, 5.41) is 14.8. The van der Waals surface area contributed by atoms with Gasteiger partial charge in [-0.1, -0.05) is 0 Å². The molecule has 0 aliphatic rings. The third kappa shape index (κ3) is 4.44. The van der Waals surface area contributed by atoms with E-state index in [1.54, 1.807) is 0 Å². The summed E-state index contributed by atoms with van der Waals surface area (Å²) < 4.78 is 10.3. The normalized spacial score (nSPS) is 11.3. The first-order valence-electron chi connectivity index (χ1n) is 7.40. The average molecular weight is 361 g/mol. The number of carbonyl (C=O) groups excluding carboxylic acids is 3. The highest BCUT2D eigenvalue weighted by atomic mass is 16.6. The summed E-state index contributed by atoms with van der Waals surface area (Å²) >= 11 is 0. The Morgan fingerprint density at radius 1 is 1.15 bits per heavy atom. The van der Waals surface area contributed by atoms with Crippen LogP contribution >= 0.6 is 0 Å². The van der Waals surface area contributed by atoms with Crippen LogP contribution in [-0.4, -0.2) is 36.0 Å². The maximum atomic E-state index is 12.0. The number of hydrogen-bond donors (Lipinski definition) is 2. The summed E-state index contributed by atoms with van der Waals surface area (Å²) in [4.78, 5) is 44.9. The van der Waals surface area contributed by atoms with E-state index in [2.05, 4.69) is 5.32 Å². The lowest BCUT2D eigenvalue weighted by Crippen LogP contribution is -2.43. The molecule has 10 heteroatoms. The molecule has 1 atom stereocenters. The molecule has 1 aromatic carbocycles. The fraction of sp³-hybridized carbons (Fsp3) is 0.188. The minimum absolute atomic E-state index is 0.0732. The zero-order chi connectivity index (χ0) is 19.3. The number of amides is 3. The van der Waals surface area contributed by atoms with Gasteiger partial charge in [-0.15, -0.1) is 0 Å². The van der Waals surface area contributed by atoms with Crippen molar-refractivity contribution in [1.82, 2.24) is 10.6 Å². The van der Waals surface area contributed by atoms with Crippen molar-refractivity contribution in [3.63, 3.8) is 0 Å². The van der Waals surface area contributed by atoms with Crippen molar-refractivity contribution in [3.05, 3.63) is 52.3 Å². The van der Waals surface area contributed by atoms with Gasteiger partial charge in [0.15, 0.2) is 6.10 Å². The van der Waals surface area contributed by atoms with E-state index >= 15 is 0 Å². The molecule has 0 saturated carbocycles. The Morgan fingerprint density at radius 2 is 1.81 bits per heavy atom. The van der Waals surface area contributed by atoms with E-state index in [0.29, 0.717) is 11.3 Å². The molecule has 2 N–H and O–H groups in total. The smallest absolute Gasteiger partial charge is 0.375 e. The number of hydrogen-bond acceptors (Lipinski definition) is 7. The van der Waals surface area contributed by atoms with E-state index in [-0.39, 0.29) is 11.4 Å². The van der Waals surface area contributed by atoms with Crippen LogP contribution in [-0.2, 0) is 9.53 Å². The minimum Gasteiger partial charge on any atom is -0.449 e. The van der Waals surface area contributed by atoms with Crippen LogP contribution in [0.5, 0.6) is 0 Å². The topological polar surface area (TPSA) is 141 Å². The lowest BCUT2D eigenvalue weighted by atomic mass is 10.1. The van der Waals surface area contributed by atoms with Crippen molar-refractivity contribution in [2.24, 2.45) is 0 Å². The number of nitro groups is 1. The van der Waals surface area contributed by atoms with Gasteiger partial charge in [0.2, 0.25) is 5.76 Å². The van der Waals surface area contributed by atoms with E-state index in [9.17, 15) is 24.5 Å². The first-order valence-corrected chi connectivity index (χ1v) is 7.40. The van der Waals surface area contributed by atoms with Crippen LogP contribution in [0.3, 0.4) is 0 Å². The van der Waals surface area contributed by atoms with Gasteiger partial charge in [0.1, 0.15) is 5.76 Å². The van der Waals surface area contributed by atoms with Gasteiger partial charge in [-0.2, -0.15) is 0 Å². The molecule has 0 saturated heterocycles. The molecular weight excluding hydrogens is 346 g/mol. The molecule has 0 spiro atoms. The molecule has 0 aliphatic heterocycles. The van der Waals surface area contributed by atoms with Crippen LogP contribution in [0.2, 0.25) is 0 Å². The molecule has 10 nitrogen and oxygen atoms in total. The summed E-state index contributed by atoms with van der Waals surface area (Å²) in [7, 11) is 1.34. The highest BCUT2D eigenvalue weighted by Gasteiger charge is 2.22. The number of esters is 1. The Kier molecular flexibility index (Phi) is 5.68. The molecule has 0 fully saturated rings. The van der Waals surface area contributed by atoms with E-state index in [1.165, 1.54) is 50.4 Å².